The van der Waals surface area contributed by atoms with Crippen molar-refractivity contribution < 1.29 is 9.90 Å². The molecule has 3 heteroatoms. The molecule has 0 amide bonds. The van der Waals surface area contributed by atoms with E-state index in [-0.39, 0.29) is 11.3 Å². The second-order valence-electron chi connectivity index (χ2n) is 4.36. The Morgan fingerprint density at radius 3 is 2.53 bits per heavy atom. The molecule has 0 aliphatic heterocycles. The van der Waals surface area contributed by atoms with Gasteiger partial charge in [-0.15, -0.1) is 5.54 Å². The van der Waals surface area contributed by atoms with Crippen molar-refractivity contribution >= 4 is 14.4 Å². The summed E-state index contributed by atoms with van der Waals surface area (Å²) >= 11 is 0. The predicted molar refractivity (Wildman–Crippen MR) is 63.7 cm³/mol. The molecular weight excluding hydrogens is 204 g/mol. The summed E-state index contributed by atoms with van der Waals surface area (Å²) in [4.78, 5) is 10.8. The SMILES string of the molecule is C[Si](C)(C)C#Cc1cccc(O)c1C=O. The average molecular weight is 218 g/mol. The van der Waals surface area contributed by atoms with Gasteiger partial charge in [0.25, 0.3) is 0 Å². The zero-order chi connectivity index (χ0) is 11.5. The molecule has 0 saturated heterocycles. The van der Waals surface area contributed by atoms with Crippen LogP contribution in [0.15, 0.2) is 18.2 Å². The largest absolute Gasteiger partial charge is 0.507 e. The van der Waals surface area contributed by atoms with Crippen LogP contribution >= 0.6 is 0 Å². The number of aldehydes is 1. The van der Waals surface area contributed by atoms with Crippen molar-refractivity contribution in [3.8, 4) is 17.2 Å². The summed E-state index contributed by atoms with van der Waals surface area (Å²) in [5.41, 5.74) is 4.04. The topological polar surface area (TPSA) is 37.3 Å². The lowest BCUT2D eigenvalue weighted by molar-refractivity contribution is 0.112. The minimum atomic E-state index is -1.45. The Morgan fingerprint density at radius 1 is 1.33 bits per heavy atom. The molecule has 78 valence electrons. The fraction of sp³-hybridized carbons (Fsp3) is 0.250. The van der Waals surface area contributed by atoms with Gasteiger partial charge in [0.15, 0.2) is 6.29 Å². The molecule has 0 radical (unpaired) electrons. The third-order valence-electron chi connectivity index (χ3n) is 1.77. The van der Waals surface area contributed by atoms with Crippen LogP contribution < -0.4 is 0 Å². The van der Waals surface area contributed by atoms with Crippen molar-refractivity contribution in [3.05, 3.63) is 29.3 Å². The minimum Gasteiger partial charge on any atom is -0.507 e. The molecule has 1 N–H and O–H groups in total. The van der Waals surface area contributed by atoms with E-state index >= 15 is 0 Å². The maximum Gasteiger partial charge on any atom is 0.155 e. The fourth-order valence-electron chi connectivity index (χ4n) is 1.04. The van der Waals surface area contributed by atoms with Crippen LogP contribution in [0.3, 0.4) is 0 Å². The Bertz CT molecular complexity index is 433. The lowest BCUT2D eigenvalue weighted by Crippen LogP contribution is -2.16. The highest BCUT2D eigenvalue weighted by molar-refractivity contribution is 6.83. The van der Waals surface area contributed by atoms with E-state index in [1.165, 1.54) is 6.07 Å². The van der Waals surface area contributed by atoms with Gasteiger partial charge in [0.2, 0.25) is 0 Å². The first kappa shape index (κ1) is 11.5. The van der Waals surface area contributed by atoms with Gasteiger partial charge < -0.3 is 5.11 Å². The minimum absolute atomic E-state index is 0.00706. The smallest absolute Gasteiger partial charge is 0.155 e. The third-order valence-corrected chi connectivity index (χ3v) is 2.65. The highest BCUT2D eigenvalue weighted by atomic mass is 28.3. The Kier molecular flexibility index (Phi) is 3.33. The first-order chi connectivity index (χ1) is 6.94. The van der Waals surface area contributed by atoms with E-state index < -0.39 is 8.07 Å². The van der Waals surface area contributed by atoms with Gasteiger partial charge in [-0.25, -0.2) is 0 Å². The molecule has 15 heavy (non-hydrogen) atoms. The van der Waals surface area contributed by atoms with Crippen LogP contribution in [0.25, 0.3) is 0 Å². The van der Waals surface area contributed by atoms with Crippen molar-refractivity contribution in [1.29, 1.82) is 0 Å². The molecule has 0 fully saturated rings. The third kappa shape index (κ3) is 3.26. The quantitative estimate of drug-likeness (QED) is 0.446. The zero-order valence-electron chi connectivity index (χ0n) is 9.16. The van der Waals surface area contributed by atoms with Crippen LogP contribution in [-0.2, 0) is 0 Å². The molecule has 1 aromatic rings. The lowest BCUT2D eigenvalue weighted by Gasteiger charge is -2.04. The molecule has 0 heterocycles. The Morgan fingerprint density at radius 2 is 2.00 bits per heavy atom. The molecule has 0 aliphatic rings. The highest BCUT2D eigenvalue weighted by Crippen LogP contribution is 2.18. The number of phenolic OH excluding ortho intramolecular Hbond substituents is 1. The second-order valence-corrected chi connectivity index (χ2v) is 9.11. The Labute approximate surface area is 91.0 Å². The molecule has 0 aromatic heterocycles. The molecule has 0 bridgehead atoms. The Balaban J connectivity index is 3.19. The number of aromatic hydroxyl groups is 1. The van der Waals surface area contributed by atoms with Crippen molar-refractivity contribution in [1.82, 2.24) is 0 Å². The van der Waals surface area contributed by atoms with Crippen molar-refractivity contribution in [2.75, 3.05) is 0 Å². The number of carbonyl (C=O) groups excluding carboxylic acids is 1. The van der Waals surface area contributed by atoms with E-state index in [0.717, 1.165) is 0 Å². The van der Waals surface area contributed by atoms with Gasteiger partial charge in [-0.2, -0.15) is 0 Å². The van der Waals surface area contributed by atoms with Crippen molar-refractivity contribution in [2.45, 2.75) is 19.6 Å². The van der Waals surface area contributed by atoms with Crippen LogP contribution in [0.4, 0.5) is 0 Å². The summed E-state index contributed by atoms with van der Waals surface area (Å²) < 4.78 is 0. The number of rotatable bonds is 1. The van der Waals surface area contributed by atoms with Crippen LogP contribution in [0, 0.1) is 11.5 Å². The molecule has 0 aliphatic carbocycles. The molecule has 2 nitrogen and oxygen atoms in total. The number of carbonyl (C=O) groups is 1. The van der Waals surface area contributed by atoms with E-state index in [9.17, 15) is 9.90 Å². The van der Waals surface area contributed by atoms with Crippen molar-refractivity contribution in [3.63, 3.8) is 0 Å². The molecule has 0 saturated carbocycles. The zero-order valence-corrected chi connectivity index (χ0v) is 10.2. The fourth-order valence-corrected chi connectivity index (χ4v) is 1.55. The maximum atomic E-state index is 10.8. The molecule has 0 unspecified atom stereocenters. The predicted octanol–water partition coefficient (Wildman–Crippen LogP) is 2.43. The second kappa shape index (κ2) is 4.33. The summed E-state index contributed by atoms with van der Waals surface area (Å²) in [5.74, 6) is 2.96. The van der Waals surface area contributed by atoms with E-state index in [2.05, 4.69) is 31.1 Å². The van der Waals surface area contributed by atoms with Gasteiger partial charge in [0.1, 0.15) is 13.8 Å². The standard InChI is InChI=1S/C12H14O2Si/c1-15(2,3)8-7-10-5-4-6-12(14)11(10)9-13/h4-6,9,14H,1-3H3. The summed E-state index contributed by atoms with van der Waals surface area (Å²) in [6.07, 6.45) is 0.642. The summed E-state index contributed by atoms with van der Waals surface area (Å²) in [7, 11) is -1.45. The van der Waals surface area contributed by atoms with E-state index in [4.69, 9.17) is 0 Å². The first-order valence-corrected chi connectivity index (χ1v) is 8.24. The molecule has 0 spiro atoms. The van der Waals surface area contributed by atoms with Crippen LogP contribution in [-0.4, -0.2) is 19.5 Å². The highest BCUT2D eigenvalue weighted by Gasteiger charge is 2.09. The Hall–Kier alpha value is -1.53. The van der Waals surface area contributed by atoms with Gasteiger partial charge >= 0.3 is 0 Å². The van der Waals surface area contributed by atoms with E-state index in [1.54, 1.807) is 12.1 Å². The van der Waals surface area contributed by atoms with Crippen LogP contribution in [0.2, 0.25) is 19.6 Å². The molecule has 1 rings (SSSR count). The van der Waals surface area contributed by atoms with Crippen LogP contribution in [0.5, 0.6) is 5.75 Å². The van der Waals surface area contributed by atoms with Gasteiger partial charge in [-0.05, 0) is 12.1 Å². The average Bonchev–Trinajstić information content (AvgIpc) is 2.13. The molecular formula is C12H14O2Si. The molecule has 0 atom stereocenters. The lowest BCUT2D eigenvalue weighted by atomic mass is 10.1. The number of phenols is 1. The monoisotopic (exact) mass is 218 g/mol. The maximum absolute atomic E-state index is 10.8. The van der Waals surface area contributed by atoms with Crippen molar-refractivity contribution in [2.24, 2.45) is 0 Å². The first-order valence-electron chi connectivity index (χ1n) is 4.74. The number of hydrogen-bond acceptors (Lipinski definition) is 2. The van der Waals surface area contributed by atoms with E-state index in [0.29, 0.717) is 11.8 Å². The van der Waals surface area contributed by atoms with Crippen LogP contribution in [0.1, 0.15) is 15.9 Å². The van der Waals surface area contributed by atoms with Gasteiger partial charge in [-0.3, -0.25) is 4.79 Å². The van der Waals surface area contributed by atoms with E-state index in [1.807, 2.05) is 0 Å². The summed E-state index contributed by atoms with van der Waals surface area (Å²) in [5, 5.41) is 9.43. The van der Waals surface area contributed by atoms with Gasteiger partial charge in [0.05, 0.1) is 5.56 Å². The number of hydrogen-bond donors (Lipinski definition) is 1. The molecule has 1 aromatic carbocycles. The number of benzene rings is 1. The summed E-state index contributed by atoms with van der Waals surface area (Å²) in [6, 6.07) is 4.93. The van der Waals surface area contributed by atoms with Gasteiger partial charge in [-0.1, -0.05) is 31.6 Å². The normalized spacial score (nSPS) is 10.3. The summed E-state index contributed by atoms with van der Waals surface area (Å²) in [6.45, 7) is 6.39. The van der Waals surface area contributed by atoms with Gasteiger partial charge in [0, 0.05) is 5.56 Å².